The van der Waals surface area contributed by atoms with Gasteiger partial charge in [0.15, 0.2) is 11.6 Å². The average Bonchev–Trinajstić information content (AvgIpc) is 3.06. The number of aliphatic hydroxyl groups excluding tert-OH is 1. The van der Waals surface area contributed by atoms with Gasteiger partial charge in [-0.1, -0.05) is 19.9 Å². The summed E-state index contributed by atoms with van der Waals surface area (Å²) < 4.78 is 26.7. The van der Waals surface area contributed by atoms with Crippen molar-refractivity contribution in [3.05, 3.63) is 52.9 Å². The van der Waals surface area contributed by atoms with E-state index in [2.05, 4.69) is 39.9 Å². The molecule has 1 fully saturated rings. The number of rotatable bonds is 8. The Hall–Kier alpha value is -1.83. The number of hydrogen-bond acceptors (Lipinski definition) is 4. The van der Waals surface area contributed by atoms with Crippen LogP contribution in [0.4, 0.5) is 8.78 Å². The first-order chi connectivity index (χ1) is 13.4. The van der Waals surface area contributed by atoms with E-state index in [4.69, 9.17) is 0 Å². The van der Waals surface area contributed by atoms with Gasteiger partial charge >= 0.3 is 0 Å². The highest BCUT2D eigenvalue weighted by atomic mass is 19.2. The lowest BCUT2D eigenvalue weighted by Crippen LogP contribution is -2.52. The van der Waals surface area contributed by atoms with Crippen LogP contribution in [-0.2, 0) is 19.5 Å². The Balaban J connectivity index is 1.60. The molecule has 1 atom stereocenters. The minimum Gasteiger partial charge on any atom is -0.396 e. The molecular formula is C21H30F2N4O. The fourth-order valence-corrected chi connectivity index (χ4v) is 3.86. The molecule has 0 aliphatic carbocycles. The molecule has 154 valence electrons. The Bertz CT molecular complexity index is 765. The number of aliphatic hydroxyl groups is 1. The number of aromatic nitrogens is 2. The first-order valence-corrected chi connectivity index (χ1v) is 9.99. The van der Waals surface area contributed by atoms with E-state index in [1.165, 1.54) is 12.1 Å². The van der Waals surface area contributed by atoms with E-state index in [1.807, 2.05) is 0 Å². The third-order valence-corrected chi connectivity index (χ3v) is 5.22. The second-order valence-corrected chi connectivity index (χ2v) is 8.10. The summed E-state index contributed by atoms with van der Waals surface area (Å²) in [5.41, 5.74) is 2.95. The van der Waals surface area contributed by atoms with Crippen LogP contribution in [0.2, 0.25) is 0 Å². The third-order valence-electron chi connectivity index (χ3n) is 5.22. The van der Waals surface area contributed by atoms with Gasteiger partial charge in [0.25, 0.3) is 0 Å². The number of H-pyrrole nitrogens is 1. The van der Waals surface area contributed by atoms with Gasteiger partial charge in [0.2, 0.25) is 0 Å². The molecule has 2 aromatic rings. The van der Waals surface area contributed by atoms with Crippen LogP contribution in [0.5, 0.6) is 0 Å². The van der Waals surface area contributed by atoms with E-state index in [0.717, 1.165) is 49.6 Å². The highest BCUT2D eigenvalue weighted by Gasteiger charge is 2.27. The molecule has 3 rings (SSSR count). The maximum Gasteiger partial charge on any atom is 0.159 e. The first kappa shape index (κ1) is 20.9. The first-order valence-electron chi connectivity index (χ1n) is 9.99. The maximum atomic E-state index is 13.5. The summed E-state index contributed by atoms with van der Waals surface area (Å²) in [6.07, 6.45) is 1.62. The van der Waals surface area contributed by atoms with E-state index in [-0.39, 0.29) is 12.6 Å². The molecule has 0 bridgehead atoms. The molecule has 1 saturated heterocycles. The third kappa shape index (κ3) is 5.59. The predicted molar refractivity (Wildman–Crippen MR) is 105 cm³/mol. The molecule has 0 radical (unpaired) electrons. The monoisotopic (exact) mass is 392 g/mol. The van der Waals surface area contributed by atoms with E-state index < -0.39 is 11.6 Å². The summed E-state index contributed by atoms with van der Waals surface area (Å²) in [7, 11) is 0. The lowest BCUT2D eigenvalue weighted by molar-refractivity contribution is 0.0493. The van der Waals surface area contributed by atoms with Crippen molar-refractivity contribution in [1.82, 2.24) is 20.0 Å². The molecular weight excluding hydrogens is 362 g/mol. The minimum absolute atomic E-state index is 0.107. The zero-order valence-electron chi connectivity index (χ0n) is 16.7. The van der Waals surface area contributed by atoms with Crippen LogP contribution in [0.3, 0.4) is 0 Å². The van der Waals surface area contributed by atoms with E-state index in [0.29, 0.717) is 18.9 Å². The maximum absolute atomic E-state index is 13.5. The van der Waals surface area contributed by atoms with E-state index in [9.17, 15) is 13.9 Å². The van der Waals surface area contributed by atoms with Crippen LogP contribution in [0.15, 0.2) is 24.3 Å². The summed E-state index contributed by atoms with van der Waals surface area (Å²) in [5, 5.41) is 17.0. The molecule has 7 heteroatoms. The van der Waals surface area contributed by atoms with Crippen molar-refractivity contribution in [2.75, 3.05) is 26.2 Å². The summed E-state index contributed by atoms with van der Waals surface area (Å²) >= 11 is 0. The van der Waals surface area contributed by atoms with Crippen molar-refractivity contribution in [2.45, 2.75) is 45.8 Å². The fourth-order valence-electron chi connectivity index (χ4n) is 3.86. The largest absolute Gasteiger partial charge is 0.396 e. The quantitative estimate of drug-likeness (QED) is 0.725. The molecule has 0 saturated carbocycles. The molecule has 1 unspecified atom stereocenters. The number of hydrogen-bond donors (Lipinski definition) is 2. The lowest BCUT2D eigenvalue weighted by atomic mass is 10.1. The van der Waals surface area contributed by atoms with Gasteiger partial charge in [0.1, 0.15) is 0 Å². The molecule has 28 heavy (non-hydrogen) atoms. The van der Waals surface area contributed by atoms with Crippen molar-refractivity contribution in [1.29, 1.82) is 0 Å². The van der Waals surface area contributed by atoms with Gasteiger partial charge in [-0.3, -0.25) is 14.9 Å². The number of aromatic amines is 1. The van der Waals surface area contributed by atoms with Crippen molar-refractivity contribution in [3.8, 4) is 0 Å². The number of halogens is 2. The number of nitrogens with zero attached hydrogens (tertiary/aromatic N) is 3. The molecule has 1 aliphatic heterocycles. The second kappa shape index (κ2) is 9.58. The minimum atomic E-state index is -0.822. The molecule has 1 aromatic carbocycles. The Morgan fingerprint density at radius 2 is 2.00 bits per heavy atom. The van der Waals surface area contributed by atoms with Gasteiger partial charge in [-0.15, -0.1) is 0 Å². The molecule has 0 spiro atoms. The Morgan fingerprint density at radius 3 is 2.71 bits per heavy atom. The van der Waals surface area contributed by atoms with Crippen molar-refractivity contribution < 1.29 is 13.9 Å². The Morgan fingerprint density at radius 1 is 1.18 bits per heavy atom. The van der Waals surface area contributed by atoms with Gasteiger partial charge in [0, 0.05) is 51.1 Å². The van der Waals surface area contributed by atoms with Gasteiger partial charge in [-0.2, -0.15) is 5.10 Å². The van der Waals surface area contributed by atoms with Gasteiger partial charge in [0.05, 0.1) is 5.69 Å². The second-order valence-electron chi connectivity index (χ2n) is 8.10. The Labute approximate surface area is 165 Å². The van der Waals surface area contributed by atoms with Crippen LogP contribution >= 0.6 is 0 Å². The summed E-state index contributed by atoms with van der Waals surface area (Å²) in [5.74, 6) is -1.06. The Kier molecular flexibility index (Phi) is 7.15. The molecule has 5 nitrogen and oxygen atoms in total. The molecule has 2 N–H and O–H groups in total. The van der Waals surface area contributed by atoms with Crippen molar-refractivity contribution >= 4 is 0 Å². The van der Waals surface area contributed by atoms with Crippen LogP contribution < -0.4 is 0 Å². The number of piperazine rings is 1. The highest BCUT2D eigenvalue weighted by Crippen LogP contribution is 2.19. The summed E-state index contributed by atoms with van der Waals surface area (Å²) in [6, 6.07) is 6.37. The van der Waals surface area contributed by atoms with Crippen molar-refractivity contribution in [3.63, 3.8) is 0 Å². The number of benzene rings is 1. The normalized spacial score (nSPS) is 18.9. The van der Waals surface area contributed by atoms with Crippen molar-refractivity contribution in [2.24, 2.45) is 5.92 Å². The van der Waals surface area contributed by atoms with Crippen LogP contribution in [0.1, 0.15) is 37.2 Å². The number of nitrogens with one attached hydrogen (secondary N) is 1. The predicted octanol–water partition coefficient (Wildman–Crippen LogP) is 2.96. The highest BCUT2D eigenvalue weighted by molar-refractivity contribution is 5.18. The fraction of sp³-hybridized carbons (Fsp3) is 0.571. The molecule has 1 aromatic heterocycles. The van der Waals surface area contributed by atoms with Gasteiger partial charge in [-0.25, -0.2) is 8.78 Å². The van der Waals surface area contributed by atoms with Crippen LogP contribution in [0, 0.1) is 17.6 Å². The lowest BCUT2D eigenvalue weighted by Gasteiger charge is -2.41. The van der Waals surface area contributed by atoms with Gasteiger partial charge < -0.3 is 5.11 Å². The molecule has 0 amide bonds. The smallest absolute Gasteiger partial charge is 0.159 e. The standard InChI is InChI=1S/C21H30F2N4O/c1-15(2)9-17-11-18(25-24-17)13-26-6-7-27(19(14-26)5-8-28)12-16-3-4-20(22)21(23)10-16/h3-4,10-11,15,19,28H,5-9,12-14H2,1-2H3,(H,24,25). The zero-order chi connectivity index (χ0) is 20.1. The molecule has 1 aliphatic rings. The zero-order valence-corrected chi connectivity index (χ0v) is 16.7. The summed E-state index contributed by atoms with van der Waals surface area (Å²) in [6.45, 7) is 8.34. The molecule has 2 heterocycles. The summed E-state index contributed by atoms with van der Waals surface area (Å²) in [4.78, 5) is 4.60. The SMILES string of the molecule is CC(C)Cc1cc(CN2CCN(Cc3ccc(F)c(F)c3)C(CCO)C2)[nH]n1. The average molecular weight is 392 g/mol. The van der Waals surface area contributed by atoms with Gasteiger partial charge in [-0.05, 0) is 42.5 Å². The van der Waals surface area contributed by atoms with Crippen LogP contribution in [0.25, 0.3) is 0 Å². The van der Waals surface area contributed by atoms with Crippen LogP contribution in [-0.4, -0.2) is 57.4 Å². The van der Waals surface area contributed by atoms with E-state index in [1.54, 1.807) is 6.07 Å². The van der Waals surface area contributed by atoms with E-state index >= 15 is 0 Å². The topological polar surface area (TPSA) is 55.4 Å².